The van der Waals surface area contributed by atoms with E-state index in [0.29, 0.717) is 17.2 Å². The van der Waals surface area contributed by atoms with Gasteiger partial charge in [-0.15, -0.1) is 0 Å². The third-order valence-corrected chi connectivity index (χ3v) is 3.18. The highest BCUT2D eigenvalue weighted by Crippen LogP contribution is 2.51. The van der Waals surface area contributed by atoms with E-state index in [1.807, 2.05) is 0 Å². The van der Waals surface area contributed by atoms with Gasteiger partial charge in [0.1, 0.15) is 18.5 Å². The van der Waals surface area contributed by atoms with E-state index in [-0.39, 0.29) is 18.4 Å². The summed E-state index contributed by atoms with van der Waals surface area (Å²) in [6.45, 7) is 1.37. The molecule has 0 bridgehead atoms. The zero-order valence-electron chi connectivity index (χ0n) is 9.90. The fraction of sp³-hybridized carbons (Fsp3) is 0.462. The van der Waals surface area contributed by atoms with Crippen molar-refractivity contribution >= 4 is 17.6 Å². The molecule has 3 nitrogen and oxygen atoms in total. The van der Waals surface area contributed by atoms with E-state index in [9.17, 15) is 9.18 Å². The second-order valence-electron chi connectivity index (χ2n) is 4.56. The van der Waals surface area contributed by atoms with Gasteiger partial charge in [-0.1, -0.05) is 11.6 Å². The summed E-state index contributed by atoms with van der Waals surface area (Å²) in [5.74, 6) is -0.748. The highest BCUT2D eigenvalue weighted by Gasteiger charge is 2.45. The predicted octanol–water partition coefficient (Wildman–Crippen LogP) is 3.26. The van der Waals surface area contributed by atoms with E-state index in [0.717, 1.165) is 5.56 Å². The highest BCUT2D eigenvalue weighted by molar-refractivity contribution is 6.30. The van der Waals surface area contributed by atoms with E-state index in [4.69, 9.17) is 21.4 Å². The average Bonchev–Trinajstić information content (AvgIpc) is 3.07. The molecule has 5 heteroatoms. The number of ether oxygens (including phenoxy) is 1. The summed E-state index contributed by atoms with van der Waals surface area (Å²) in [4.78, 5) is 10.9. The minimum atomic E-state index is -1.07. The van der Waals surface area contributed by atoms with Crippen LogP contribution in [0.25, 0.3) is 0 Å². The molecule has 1 N–H and O–H groups in total. The van der Waals surface area contributed by atoms with Crippen LogP contribution in [0.2, 0.25) is 5.02 Å². The van der Waals surface area contributed by atoms with Crippen LogP contribution >= 0.6 is 11.6 Å². The van der Waals surface area contributed by atoms with Crippen molar-refractivity contribution in [1.29, 1.82) is 0 Å². The Hall–Kier alpha value is -1.29. The first-order chi connectivity index (χ1) is 8.49. The molecule has 0 heterocycles. The summed E-state index contributed by atoms with van der Waals surface area (Å²) in [6.07, 6.45) is -0.486. The topological polar surface area (TPSA) is 46.5 Å². The normalized spacial score (nSPS) is 23.5. The van der Waals surface area contributed by atoms with E-state index >= 15 is 0 Å². The van der Waals surface area contributed by atoms with Crippen LogP contribution in [0, 0.1) is 5.92 Å². The van der Waals surface area contributed by atoms with Gasteiger partial charge in [-0.3, -0.25) is 4.79 Å². The molecule has 1 aromatic rings. The van der Waals surface area contributed by atoms with Crippen molar-refractivity contribution in [2.75, 3.05) is 6.61 Å². The summed E-state index contributed by atoms with van der Waals surface area (Å²) in [7, 11) is 0. The Morgan fingerprint density at radius 2 is 2.39 bits per heavy atom. The number of alkyl halides is 1. The first kappa shape index (κ1) is 13.1. The lowest BCUT2D eigenvalue weighted by Gasteiger charge is -2.12. The van der Waals surface area contributed by atoms with Crippen molar-refractivity contribution in [2.45, 2.75) is 25.4 Å². The minimum Gasteiger partial charge on any atom is -0.490 e. The number of halogens is 2. The smallest absolute Gasteiger partial charge is 0.307 e. The Balaban J connectivity index is 2.17. The van der Waals surface area contributed by atoms with Crippen LogP contribution in [-0.2, 0) is 4.79 Å². The van der Waals surface area contributed by atoms with Crippen LogP contribution in [0.1, 0.15) is 24.8 Å². The Morgan fingerprint density at radius 1 is 1.67 bits per heavy atom. The lowest BCUT2D eigenvalue weighted by molar-refractivity contribution is -0.138. The fourth-order valence-corrected chi connectivity index (χ4v) is 2.14. The molecule has 3 unspecified atom stereocenters. The molecule has 1 saturated carbocycles. The second kappa shape index (κ2) is 5.14. The molecule has 1 aromatic carbocycles. The van der Waals surface area contributed by atoms with Crippen LogP contribution in [0.3, 0.4) is 0 Å². The van der Waals surface area contributed by atoms with Gasteiger partial charge < -0.3 is 9.84 Å². The zero-order chi connectivity index (χ0) is 13.3. The van der Waals surface area contributed by atoms with Gasteiger partial charge in [0.2, 0.25) is 0 Å². The number of aliphatic carboxylic acids is 1. The molecule has 1 aliphatic rings. The number of hydrogen-bond donors (Lipinski definition) is 1. The number of benzene rings is 1. The monoisotopic (exact) mass is 272 g/mol. The zero-order valence-corrected chi connectivity index (χ0v) is 10.7. The van der Waals surface area contributed by atoms with Gasteiger partial charge in [-0.05, 0) is 37.1 Å². The molecule has 0 aromatic heterocycles. The number of carboxylic acid groups (broad SMARTS) is 1. The van der Waals surface area contributed by atoms with E-state index in [1.165, 1.54) is 6.92 Å². The van der Waals surface area contributed by atoms with E-state index < -0.39 is 12.1 Å². The minimum absolute atomic E-state index is 0.0426. The van der Waals surface area contributed by atoms with Gasteiger partial charge in [0.05, 0.1) is 5.92 Å². The Morgan fingerprint density at radius 3 is 2.94 bits per heavy atom. The van der Waals surface area contributed by atoms with Gasteiger partial charge in [-0.2, -0.15) is 0 Å². The molecule has 2 rings (SSSR count). The van der Waals surface area contributed by atoms with Gasteiger partial charge >= 0.3 is 5.97 Å². The maximum atomic E-state index is 12.8. The van der Waals surface area contributed by atoms with Crippen LogP contribution in [-0.4, -0.2) is 23.9 Å². The van der Waals surface area contributed by atoms with E-state index in [1.54, 1.807) is 18.2 Å². The number of rotatable bonds is 5. The lowest BCUT2D eigenvalue weighted by atomic mass is 10.1. The van der Waals surface area contributed by atoms with Crippen molar-refractivity contribution < 1.29 is 19.0 Å². The van der Waals surface area contributed by atoms with Crippen LogP contribution in [0.5, 0.6) is 5.75 Å². The molecular formula is C13H14ClFO3. The molecule has 0 aliphatic heterocycles. The SMILES string of the molecule is CC(F)COc1ccc(Cl)cc1C1CC1C(=O)O. The van der Waals surface area contributed by atoms with Crippen molar-refractivity contribution in [2.24, 2.45) is 5.92 Å². The molecule has 0 amide bonds. The third-order valence-electron chi connectivity index (χ3n) is 2.95. The Kier molecular flexibility index (Phi) is 3.76. The first-order valence-electron chi connectivity index (χ1n) is 5.78. The van der Waals surface area contributed by atoms with Gasteiger partial charge in [-0.25, -0.2) is 4.39 Å². The average molecular weight is 273 g/mol. The predicted molar refractivity (Wildman–Crippen MR) is 66.0 cm³/mol. The molecule has 1 aliphatic carbocycles. The summed E-state index contributed by atoms with van der Waals surface area (Å²) < 4.78 is 18.1. The van der Waals surface area contributed by atoms with Gasteiger partial charge in [0.25, 0.3) is 0 Å². The van der Waals surface area contributed by atoms with Crippen LogP contribution in [0.15, 0.2) is 18.2 Å². The van der Waals surface area contributed by atoms with E-state index in [2.05, 4.69) is 0 Å². The van der Waals surface area contributed by atoms with Crippen molar-refractivity contribution in [3.63, 3.8) is 0 Å². The number of carboxylic acids is 1. The molecular weight excluding hydrogens is 259 g/mol. The maximum Gasteiger partial charge on any atom is 0.307 e. The number of carbonyl (C=O) groups is 1. The summed E-state index contributed by atoms with van der Waals surface area (Å²) in [5, 5.41) is 9.46. The fourth-order valence-electron chi connectivity index (χ4n) is 1.96. The molecule has 0 radical (unpaired) electrons. The van der Waals surface area contributed by atoms with Gasteiger partial charge in [0.15, 0.2) is 0 Å². The molecule has 3 atom stereocenters. The Labute approximate surface area is 110 Å². The first-order valence-corrected chi connectivity index (χ1v) is 6.16. The molecule has 18 heavy (non-hydrogen) atoms. The van der Waals surface area contributed by atoms with Crippen molar-refractivity contribution in [1.82, 2.24) is 0 Å². The highest BCUT2D eigenvalue weighted by atomic mass is 35.5. The summed E-state index contributed by atoms with van der Waals surface area (Å²) in [5.41, 5.74) is 0.760. The quantitative estimate of drug-likeness (QED) is 0.895. The number of hydrogen-bond acceptors (Lipinski definition) is 2. The second-order valence-corrected chi connectivity index (χ2v) is 5.00. The van der Waals surface area contributed by atoms with Gasteiger partial charge in [0, 0.05) is 10.9 Å². The van der Waals surface area contributed by atoms with Crippen LogP contribution in [0.4, 0.5) is 4.39 Å². The van der Waals surface area contributed by atoms with Crippen molar-refractivity contribution in [3.05, 3.63) is 28.8 Å². The van der Waals surface area contributed by atoms with Crippen molar-refractivity contribution in [3.8, 4) is 5.75 Å². The maximum absolute atomic E-state index is 12.8. The lowest BCUT2D eigenvalue weighted by Crippen LogP contribution is -2.09. The largest absolute Gasteiger partial charge is 0.490 e. The molecule has 0 spiro atoms. The summed E-state index contributed by atoms with van der Waals surface area (Å²) in [6, 6.07) is 5.02. The Bertz CT molecular complexity index is 462. The molecule has 0 saturated heterocycles. The standard InChI is InChI=1S/C13H14ClFO3/c1-7(15)6-18-12-3-2-8(14)4-10(12)9-5-11(9)13(16)17/h2-4,7,9,11H,5-6H2,1H3,(H,16,17). The van der Waals surface area contributed by atoms with Crippen LogP contribution < -0.4 is 4.74 Å². The third kappa shape index (κ3) is 2.93. The molecule has 1 fully saturated rings. The summed E-state index contributed by atoms with van der Waals surface area (Å²) >= 11 is 5.90. The molecule has 98 valence electrons.